The third-order valence-corrected chi connectivity index (χ3v) is 3.99. The summed E-state index contributed by atoms with van der Waals surface area (Å²) in [5.74, 6) is 0.630. The molecule has 0 radical (unpaired) electrons. The van der Waals surface area contributed by atoms with Gasteiger partial charge in [0.05, 0.1) is 24.6 Å². The van der Waals surface area contributed by atoms with Gasteiger partial charge in [-0.1, -0.05) is 18.2 Å². The molecule has 5 nitrogen and oxygen atoms in total. The molecule has 2 aromatic heterocycles. The normalized spacial score (nSPS) is 17.4. The molecule has 112 valence electrons. The molecule has 1 aliphatic carbocycles. The number of fused-ring (bicyclic) bond motifs is 1. The SMILES string of the molecule is c1ccc(-c2nc(COC3CCCc4cn[nH]c43)co2)cc1. The molecular formula is C17H17N3O2. The number of hydrogen-bond donors (Lipinski definition) is 1. The molecule has 1 aromatic carbocycles. The summed E-state index contributed by atoms with van der Waals surface area (Å²) in [5.41, 5.74) is 4.16. The molecule has 4 rings (SSSR count). The molecule has 22 heavy (non-hydrogen) atoms. The number of benzene rings is 1. The lowest BCUT2D eigenvalue weighted by Crippen LogP contribution is -2.12. The number of H-pyrrole nitrogens is 1. The van der Waals surface area contributed by atoms with E-state index in [1.165, 1.54) is 5.56 Å². The van der Waals surface area contributed by atoms with Gasteiger partial charge in [-0.15, -0.1) is 0 Å². The van der Waals surface area contributed by atoms with Crippen molar-refractivity contribution >= 4 is 0 Å². The van der Waals surface area contributed by atoms with Crippen LogP contribution in [-0.4, -0.2) is 15.2 Å². The number of aromatic nitrogens is 3. The van der Waals surface area contributed by atoms with Gasteiger partial charge in [0.15, 0.2) is 0 Å². The largest absolute Gasteiger partial charge is 0.444 e. The minimum Gasteiger partial charge on any atom is -0.444 e. The minimum absolute atomic E-state index is 0.0723. The van der Waals surface area contributed by atoms with Crippen LogP contribution in [0.3, 0.4) is 0 Å². The Morgan fingerprint density at radius 1 is 1.27 bits per heavy atom. The molecule has 0 spiro atoms. The summed E-state index contributed by atoms with van der Waals surface area (Å²) >= 11 is 0. The van der Waals surface area contributed by atoms with Gasteiger partial charge in [-0.3, -0.25) is 5.10 Å². The van der Waals surface area contributed by atoms with Crippen molar-refractivity contribution in [3.8, 4) is 11.5 Å². The van der Waals surface area contributed by atoms with E-state index in [4.69, 9.17) is 9.15 Å². The summed E-state index contributed by atoms with van der Waals surface area (Å²) in [6, 6.07) is 9.87. The summed E-state index contributed by atoms with van der Waals surface area (Å²) in [6.07, 6.45) is 6.86. The predicted molar refractivity (Wildman–Crippen MR) is 81.0 cm³/mol. The summed E-state index contributed by atoms with van der Waals surface area (Å²) in [6.45, 7) is 0.444. The van der Waals surface area contributed by atoms with E-state index < -0.39 is 0 Å². The van der Waals surface area contributed by atoms with Crippen molar-refractivity contribution in [3.63, 3.8) is 0 Å². The molecule has 5 heteroatoms. The second-order valence-electron chi connectivity index (χ2n) is 5.51. The van der Waals surface area contributed by atoms with Crippen LogP contribution in [-0.2, 0) is 17.8 Å². The first-order valence-corrected chi connectivity index (χ1v) is 7.54. The van der Waals surface area contributed by atoms with Gasteiger partial charge < -0.3 is 9.15 Å². The Bertz CT molecular complexity index is 748. The van der Waals surface area contributed by atoms with E-state index in [2.05, 4.69) is 15.2 Å². The zero-order valence-electron chi connectivity index (χ0n) is 12.2. The number of aryl methyl sites for hydroxylation is 1. The van der Waals surface area contributed by atoms with Crippen molar-refractivity contribution < 1.29 is 9.15 Å². The fraction of sp³-hybridized carbons (Fsp3) is 0.294. The standard InChI is InChI=1S/C17H17N3O2/c1-2-5-12(6-3-1)17-19-14(11-22-17)10-21-15-8-4-7-13-9-18-20-16(13)15/h1-3,5-6,9,11,15H,4,7-8,10H2,(H,18,20). The van der Waals surface area contributed by atoms with E-state index in [0.29, 0.717) is 12.5 Å². The van der Waals surface area contributed by atoms with Crippen molar-refractivity contribution in [2.45, 2.75) is 32.0 Å². The molecule has 0 fully saturated rings. The fourth-order valence-corrected chi connectivity index (χ4v) is 2.86. The van der Waals surface area contributed by atoms with E-state index in [-0.39, 0.29) is 6.10 Å². The molecule has 1 atom stereocenters. The van der Waals surface area contributed by atoms with Gasteiger partial charge in [0.25, 0.3) is 0 Å². The number of nitrogens with one attached hydrogen (secondary N) is 1. The second kappa shape index (κ2) is 5.77. The Labute approximate surface area is 128 Å². The van der Waals surface area contributed by atoms with Gasteiger partial charge in [-0.2, -0.15) is 5.10 Å². The van der Waals surface area contributed by atoms with E-state index in [9.17, 15) is 0 Å². The highest BCUT2D eigenvalue weighted by atomic mass is 16.5. The molecule has 0 saturated heterocycles. The average molecular weight is 295 g/mol. The van der Waals surface area contributed by atoms with Crippen LogP contribution in [0.25, 0.3) is 11.5 Å². The molecule has 0 bridgehead atoms. The van der Waals surface area contributed by atoms with Crippen molar-refractivity contribution in [2.75, 3.05) is 0 Å². The van der Waals surface area contributed by atoms with Crippen molar-refractivity contribution in [1.82, 2.24) is 15.2 Å². The zero-order chi connectivity index (χ0) is 14.8. The van der Waals surface area contributed by atoms with E-state index in [0.717, 1.165) is 36.2 Å². The second-order valence-corrected chi connectivity index (χ2v) is 5.51. The molecule has 1 aliphatic rings. The maximum atomic E-state index is 6.01. The van der Waals surface area contributed by atoms with E-state index in [1.807, 2.05) is 36.5 Å². The zero-order valence-corrected chi connectivity index (χ0v) is 12.2. The molecule has 1 N–H and O–H groups in total. The number of aromatic amines is 1. The monoisotopic (exact) mass is 295 g/mol. The molecule has 0 saturated carbocycles. The third-order valence-electron chi connectivity index (χ3n) is 3.99. The van der Waals surface area contributed by atoms with Crippen molar-refractivity contribution in [2.24, 2.45) is 0 Å². The van der Waals surface area contributed by atoms with Crippen molar-refractivity contribution in [1.29, 1.82) is 0 Å². The third kappa shape index (κ3) is 2.55. The van der Waals surface area contributed by atoms with Gasteiger partial charge in [0.1, 0.15) is 12.0 Å². The highest BCUT2D eigenvalue weighted by Gasteiger charge is 2.23. The molecule has 0 amide bonds. The first-order chi connectivity index (χ1) is 10.9. The van der Waals surface area contributed by atoms with Crippen LogP contribution in [0.1, 0.15) is 35.9 Å². The highest BCUT2D eigenvalue weighted by molar-refractivity contribution is 5.52. The number of rotatable bonds is 4. The predicted octanol–water partition coefficient (Wildman–Crippen LogP) is 3.66. The van der Waals surface area contributed by atoms with Crippen LogP contribution in [0.15, 0.2) is 47.2 Å². The van der Waals surface area contributed by atoms with Gasteiger partial charge in [0, 0.05) is 5.56 Å². The molecular weight excluding hydrogens is 278 g/mol. The Hall–Kier alpha value is -2.40. The lowest BCUT2D eigenvalue weighted by Gasteiger charge is -2.21. The molecule has 3 aromatic rings. The van der Waals surface area contributed by atoms with Crippen LogP contribution in [0, 0.1) is 0 Å². The van der Waals surface area contributed by atoms with Gasteiger partial charge >= 0.3 is 0 Å². The lowest BCUT2D eigenvalue weighted by molar-refractivity contribution is 0.0237. The first-order valence-electron chi connectivity index (χ1n) is 7.54. The number of oxazole rings is 1. The first kappa shape index (κ1) is 13.3. The summed E-state index contributed by atoms with van der Waals surface area (Å²) in [7, 11) is 0. The Morgan fingerprint density at radius 2 is 2.18 bits per heavy atom. The van der Waals surface area contributed by atoms with Crippen LogP contribution in [0.5, 0.6) is 0 Å². The van der Waals surface area contributed by atoms with Gasteiger partial charge in [-0.05, 0) is 37.0 Å². The van der Waals surface area contributed by atoms with Crippen molar-refractivity contribution in [3.05, 3.63) is 59.7 Å². The van der Waals surface area contributed by atoms with Gasteiger partial charge in [-0.25, -0.2) is 4.98 Å². The van der Waals surface area contributed by atoms with Crippen LogP contribution >= 0.6 is 0 Å². The number of hydrogen-bond acceptors (Lipinski definition) is 4. The van der Waals surface area contributed by atoms with Crippen LogP contribution in [0.2, 0.25) is 0 Å². The summed E-state index contributed by atoms with van der Waals surface area (Å²) < 4.78 is 11.5. The maximum absolute atomic E-state index is 6.01. The average Bonchev–Trinajstić information content (AvgIpc) is 3.23. The summed E-state index contributed by atoms with van der Waals surface area (Å²) in [5, 5.41) is 7.17. The minimum atomic E-state index is 0.0723. The van der Waals surface area contributed by atoms with E-state index in [1.54, 1.807) is 6.26 Å². The van der Waals surface area contributed by atoms with Crippen LogP contribution < -0.4 is 0 Å². The van der Waals surface area contributed by atoms with Crippen LogP contribution in [0.4, 0.5) is 0 Å². The van der Waals surface area contributed by atoms with E-state index >= 15 is 0 Å². The summed E-state index contributed by atoms with van der Waals surface area (Å²) in [4.78, 5) is 4.49. The smallest absolute Gasteiger partial charge is 0.226 e. The number of ether oxygens (including phenoxy) is 1. The fourth-order valence-electron chi connectivity index (χ4n) is 2.86. The quantitative estimate of drug-likeness (QED) is 0.797. The molecule has 2 heterocycles. The lowest BCUT2D eigenvalue weighted by atomic mass is 9.96. The molecule has 0 aliphatic heterocycles. The Morgan fingerprint density at radius 3 is 3.09 bits per heavy atom. The topological polar surface area (TPSA) is 63.9 Å². The molecule has 1 unspecified atom stereocenters. The Balaban J connectivity index is 1.44. The number of nitrogens with zero attached hydrogens (tertiary/aromatic N) is 2. The van der Waals surface area contributed by atoms with Gasteiger partial charge in [0.2, 0.25) is 5.89 Å². The Kier molecular flexibility index (Phi) is 3.48. The highest BCUT2D eigenvalue weighted by Crippen LogP contribution is 2.31. The maximum Gasteiger partial charge on any atom is 0.226 e.